The molecule has 9 heteroatoms. The van der Waals surface area contributed by atoms with Gasteiger partial charge in [-0.3, -0.25) is 10.1 Å². The summed E-state index contributed by atoms with van der Waals surface area (Å²) in [4.78, 5) is 27.7. The average Bonchev–Trinajstić information content (AvgIpc) is 3.12. The quantitative estimate of drug-likeness (QED) is 0.690. The minimum absolute atomic E-state index is 0. The standard InChI is InChI=1S/C16H19N5O3.ClH/c1-9(17-3)8-12-18-13(24-21-12)10-4-6-11(7-5-10)16(2)14(22)19-15(23)20-16;/h4-7,9,17H,8H2,1-3H3,(H2,19,20,22,23);1H. The predicted molar refractivity (Wildman–Crippen MR) is 93.2 cm³/mol. The van der Waals surface area contributed by atoms with Crippen molar-refractivity contribution < 1.29 is 14.1 Å². The lowest BCUT2D eigenvalue weighted by atomic mass is 9.91. The van der Waals surface area contributed by atoms with Crippen molar-refractivity contribution in [3.8, 4) is 11.5 Å². The number of urea groups is 1. The monoisotopic (exact) mass is 365 g/mol. The summed E-state index contributed by atoms with van der Waals surface area (Å²) in [5.74, 6) is 0.677. The normalized spacial score (nSPS) is 20.6. The van der Waals surface area contributed by atoms with Crippen molar-refractivity contribution in [2.24, 2.45) is 0 Å². The molecule has 25 heavy (non-hydrogen) atoms. The lowest BCUT2D eigenvalue weighted by Gasteiger charge is -2.20. The van der Waals surface area contributed by atoms with Crippen molar-refractivity contribution in [1.82, 2.24) is 26.1 Å². The molecule has 134 valence electrons. The van der Waals surface area contributed by atoms with E-state index in [1.807, 2.05) is 14.0 Å². The van der Waals surface area contributed by atoms with Crippen molar-refractivity contribution in [3.05, 3.63) is 35.7 Å². The lowest BCUT2D eigenvalue weighted by Crippen LogP contribution is -2.40. The minimum atomic E-state index is -1.07. The van der Waals surface area contributed by atoms with Crippen LogP contribution in [0.5, 0.6) is 0 Å². The van der Waals surface area contributed by atoms with Gasteiger partial charge < -0.3 is 15.2 Å². The van der Waals surface area contributed by atoms with E-state index in [0.717, 1.165) is 5.56 Å². The van der Waals surface area contributed by atoms with E-state index in [-0.39, 0.29) is 24.4 Å². The van der Waals surface area contributed by atoms with E-state index >= 15 is 0 Å². The van der Waals surface area contributed by atoms with Crippen molar-refractivity contribution in [3.63, 3.8) is 0 Å². The molecule has 1 aliphatic heterocycles. The number of amides is 3. The summed E-state index contributed by atoms with van der Waals surface area (Å²) in [5, 5.41) is 12.0. The Morgan fingerprint density at radius 1 is 1.28 bits per heavy atom. The zero-order valence-electron chi connectivity index (χ0n) is 14.1. The van der Waals surface area contributed by atoms with E-state index in [1.165, 1.54) is 0 Å². The molecule has 2 atom stereocenters. The van der Waals surface area contributed by atoms with Crippen LogP contribution in [-0.2, 0) is 16.8 Å². The van der Waals surface area contributed by atoms with E-state index < -0.39 is 11.6 Å². The SMILES string of the molecule is CNC(C)Cc1noc(-c2ccc(C3(C)NC(=O)NC3=O)cc2)n1.Cl. The third-order valence-corrected chi connectivity index (χ3v) is 4.20. The molecule has 2 heterocycles. The average molecular weight is 366 g/mol. The summed E-state index contributed by atoms with van der Waals surface area (Å²) in [6.07, 6.45) is 0.669. The van der Waals surface area contributed by atoms with Gasteiger partial charge in [-0.05, 0) is 38.6 Å². The van der Waals surface area contributed by atoms with Crippen molar-refractivity contribution in [1.29, 1.82) is 0 Å². The summed E-state index contributed by atoms with van der Waals surface area (Å²) in [5.41, 5.74) is 0.360. The van der Waals surface area contributed by atoms with E-state index in [9.17, 15) is 9.59 Å². The fourth-order valence-corrected chi connectivity index (χ4v) is 2.52. The fourth-order valence-electron chi connectivity index (χ4n) is 2.52. The van der Waals surface area contributed by atoms with Crippen molar-refractivity contribution in [2.45, 2.75) is 31.8 Å². The Balaban J connectivity index is 0.00000225. The molecule has 3 rings (SSSR count). The molecule has 3 amide bonds. The van der Waals surface area contributed by atoms with Gasteiger partial charge in [0.1, 0.15) is 5.54 Å². The number of aromatic nitrogens is 2. The highest BCUT2D eigenvalue weighted by molar-refractivity contribution is 6.07. The number of halogens is 1. The van der Waals surface area contributed by atoms with E-state index in [4.69, 9.17) is 4.52 Å². The summed E-state index contributed by atoms with van der Waals surface area (Å²) >= 11 is 0. The Bertz CT molecular complexity index is 776. The smallest absolute Gasteiger partial charge is 0.322 e. The maximum Gasteiger partial charge on any atom is 0.322 e. The molecule has 0 bridgehead atoms. The number of benzene rings is 1. The first-order valence-corrected chi connectivity index (χ1v) is 7.66. The van der Waals surface area contributed by atoms with Crippen molar-refractivity contribution >= 4 is 24.3 Å². The molecular weight excluding hydrogens is 346 g/mol. The number of hydrogen-bond donors (Lipinski definition) is 3. The van der Waals surface area contributed by atoms with Crippen LogP contribution in [0.3, 0.4) is 0 Å². The van der Waals surface area contributed by atoms with E-state index in [2.05, 4.69) is 26.1 Å². The van der Waals surface area contributed by atoms with Crippen LogP contribution in [0.25, 0.3) is 11.5 Å². The number of hydrogen-bond acceptors (Lipinski definition) is 6. The van der Waals surface area contributed by atoms with Gasteiger partial charge in [-0.1, -0.05) is 17.3 Å². The maximum atomic E-state index is 12.0. The first-order chi connectivity index (χ1) is 11.4. The maximum absolute atomic E-state index is 12.0. The van der Waals surface area contributed by atoms with Crippen molar-refractivity contribution in [2.75, 3.05) is 7.05 Å². The minimum Gasteiger partial charge on any atom is -0.334 e. The number of nitrogens with one attached hydrogen (secondary N) is 3. The molecule has 0 spiro atoms. The van der Waals surface area contributed by atoms with Crippen LogP contribution in [0.15, 0.2) is 28.8 Å². The van der Waals surface area contributed by atoms with Crippen LogP contribution in [0.2, 0.25) is 0 Å². The molecule has 1 aromatic carbocycles. The molecule has 1 aliphatic rings. The molecule has 8 nitrogen and oxygen atoms in total. The van der Waals surface area contributed by atoms with Gasteiger partial charge in [0.15, 0.2) is 5.82 Å². The number of carbonyl (C=O) groups excluding carboxylic acids is 2. The number of rotatable bonds is 5. The van der Waals surface area contributed by atoms with Gasteiger partial charge in [-0.25, -0.2) is 4.79 Å². The zero-order chi connectivity index (χ0) is 17.3. The van der Waals surface area contributed by atoms with E-state index in [0.29, 0.717) is 23.7 Å². The highest BCUT2D eigenvalue weighted by Gasteiger charge is 2.43. The second-order valence-electron chi connectivity index (χ2n) is 6.02. The number of carbonyl (C=O) groups is 2. The molecule has 0 radical (unpaired) electrons. The molecule has 1 saturated heterocycles. The molecule has 3 N–H and O–H groups in total. The molecule has 2 unspecified atom stereocenters. The second-order valence-corrected chi connectivity index (χ2v) is 6.02. The lowest BCUT2D eigenvalue weighted by molar-refractivity contribution is -0.123. The summed E-state index contributed by atoms with van der Waals surface area (Å²) in [6.45, 7) is 3.69. The van der Waals surface area contributed by atoms with Crippen LogP contribution >= 0.6 is 12.4 Å². The highest BCUT2D eigenvalue weighted by Crippen LogP contribution is 2.27. The molecule has 0 saturated carbocycles. The molecule has 1 fully saturated rings. The topological polar surface area (TPSA) is 109 Å². The van der Waals surface area contributed by atoms with Gasteiger partial charge in [0.2, 0.25) is 0 Å². The van der Waals surface area contributed by atoms with Gasteiger partial charge in [-0.15, -0.1) is 12.4 Å². The van der Waals surface area contributed by atoms with Gasteiger partial charge in [0.05, 0.1) is 0 Å². The Kier molecular flexibility index (Phi) is 5.44. The zero-order valence-corrected chi connectivity index (χ0v) is 14.9. The highest BCUT2D eigenvalue weighted by atomic mass is 35.5. The third-order valence-electron chi connectivity index (χ3n) is 4.20. The summed E-state index contributed by atoms with van der Waals surface area (Å²) in [6, 6.07) is 6.87. The molecular formula is C16H20ClN5O3. The van der Waals surface area contributed by atoms with Crippen LogP contribution in [0, 0.1) is 0 Å². The Morgan fingerprint density at radius 3 is 2.52 bits per heavy atom. The second kappa shape index (κ2) is 7.20. The molecule has 2 aromatic rings. The number of likely N-dealkylation sites (N-methyl/N-ethyl adjacent to an activating group) is 1. The van der Waals surface area contributed by atoms with Gasteiger partial charge in [0, 0.05) is 18.0 Å². The Morgan fingerprint density at radius 2 is 1.96 bits per heavy atom. The summed E-state index contributed by atoms with van der Waals surface area (Å²) < 4.78 is 5.29. The van der Waals surface area contributed by atoms with Crippen LogP contribution in [-0.4, -0.2) is 35.2 Å². The molecule has 1 aromatic heterocycles. The van der Waals surface area contributed by atoms with Crippen LogP contribution in [0.4, 0.5) is 4.79 Å². The van der Waals surface area contributed by atoms with Crippen LogP contribution in [0.1, 0.15) is 25.2 Å². The number of nitrogens with zero attached hydrogens (tertiary/aromatic N) is 2. The fraction of sp³-hybridized carbons (Fsp3) is 0.375. The largest absolute Gasteiger partial charge is 0.334 e. The number of imide groups is 1. The van der Waals surface area contributed by atoms with Gasteiger partial charge >= 0.3 is 6.03 Å². The van der Waals surface area contributed by atoms with Crippen LogP contribution < -0.4 is 16.0 Å². The van der Waals surface area contributed by atoms with Gasteiger partial charge in [-0.2, -0.15) is 4.98 Å². The van der Waals surface area contributed by atoms with Gasteiger partial charge in [0.25, 0.3) is 11.8 Å². The first kappa shape index (κ1) is 18.9. The Hall–Kier alpha value is -2.45. The Labute approximate surface area is 151 Å². The molecule has 0 aliphatic carbocycles. The third kappa shape index (κ3) is 3.64. The first-order valence-electron chi connectivity index (χ1n) is 7.66. The van der Waals surface area contributed by atoms with E-state index in [1.54, 1.807) is 31.2 Å². The predicted octanol–water partition coefficient (Wildman–Crippen LogP) is 1.36. The summed E-state index contributed by atoms with van der Waals surface area (Å²) in [7, 11) is 1.88.